The molecule has 3 rings (SSSR count). The van der Waals surface area contributed by atoms with Gasteiger partial charge in [0, 0.05) is 24.2 Å². The monoisotopic (exact) mass is 713 g/mol. The zero-order valence-corrected chi connectivity index (χ0v) is 26.8. The van der Waals surface area contributed by atoms with E-state index in [0.29, 0.717) is 11.4 Å². The van der Waals surface area contributed by atoms with Gasteiger partial charge in [-0.3, -0.25) is 38.5 Å². The van der Waals surface area contributed by atoms with Gasteiger partial charge in [0.25, 0.3) is 11.5 Å². The highest BCUT2D eigenvalue weighted by molar-refractivity contribution is 5.97. The largest absolute Gasteiger partial charge is 0.481 e. The summed E-state index contributed by atoms with van der Waals surface area (Å²) in [4.78, 5) is 110. The summed E-state index contributed by atoms with van der Waals surface area (Å²) in [5, 5.41) is 39.4. The van der Waals surface area contributed by atoms with E-state index in [1.165, 1.54) is 18.3 Å². The Hall–Kier alpha value is -6.71. The van der Waals surface area contributed by atoms with Crippen LogP contribution in [0.25, 0.3) is 11.2 Å². The molecule has 272 valence electrons. The maximum Gasteiger partial charge on any atom is 0.326 e. The lowest BCUT2D eigenvalue weighted by Gasteiger charge is -2.21. The molecule has 22 heteroatoms. The minimum Gasteiger partial charge on any atom is -0.481 e. The van der Waals surface area contributed by atoms with Gasteiger partial charge in [-0.1, -0.05) is 0 Å². The number of carbonyl (C=O) groups is 7. The number of nitrogen functional groups attached to an aromatic ring is 1. The summed E-state index contributed by atoms with van der Waals surface area (Å²) in [5.74, 6) is -7.95. The third-order valence-corrected chi connectivity index (χ3v) is 6.97. The lowest BCUT2D eigenvalue weighted by molar-refractivity contribution is -0.143. The second kappa shape index (κ2) is 17.6. The minimum absolute atomic E-state index is 0.00866. The van der Waals surface area contributed by atoms with E-state index < -0.39 is 90.6 Å². The number of nitrogens with two attached hydrogens (primary N) is 2. The van der Waals surface area contributed by atoms with Crippen molar-refractivity contribution in [2.45, 2.75) is 56.9 Å². The fourth-order valence-corrected chi connectivity index (χ4v) is 4.21. The highest BCUT2D eigenvalue weighted by Crippen LogP contribution is 2.12. The number of carboxylic acid groups (broad SMARTS) is 3. The van der Waals surface area contributed by atoms with Gasteiger partial charge in [0.05, 0.1) is 24.9 Å². The molecule has 0 spiro atoms. The van der Waals surface area contributed by atoms with E-state index in [2.05, 4.69) is 41.2 Å². The topological polar surface area (TPSA) is 364 Å². The quantitative estimate of drug-likeness (QED) is 0.0620. The number of anilines is 2. The van der Waals surface area contributed by atoms with Gasteiger partial charge in [0.2, 0.25) is 23.7 Å². The van der Waals surface area contributed by atoms with Crippen molar-refractivity contribution in [2.24, 2.45) is 5.73 Å². The van der Waals surface area contributed by atoms with Crippen LogP contribution in [-0.2, 0) is 35.3 Å². The van der Waals surface area contributed by atoms with Crippen LogP contribution in [0.1, 0.15) is 42.2 Å². The summed E-state index contributed by atoms with van der Waals surface area (Å²) in [6.45, 7) is 0.805. The Labute approximate surface area is 286 Å². The maximum atomic E-state index is 12.7. The lowest BCUT2D eigenvalue weighted by atomic mass is 10.1. The van der Waals surface area contributed by atoms with Gasteiger partial charge in [-0.05, 0) is 37.6 Å². The van der Waals surface area contributed by atoms with Crippen molar-refractivity contribution in [3.8, 4) is 0 Å². The number of rotatable bonds is 18. The predicted molar refractivity (Wildman–Crippen MR) is 175 cm³/mol. The third-order valence-electron chi connectivity index (χ3n) is 6.97. The lowest BCUT2D eigenvalue weighted by Crippen LogP contribution is -2.56. The number of aromatic nitrogens is 4. The molecule has 0 bridgehead atoms. The summed E-state index contributed by atoms with van der Waals surface area (Å²) in [7, 11) is 0. The Morgan fingerprint density at radius 2 is 1.59 bits per heavy atom. The number of aliphatic carboxylic acids is 3. The van der Waals surface area contributed by atoms with Gasteiger partial charge in [0.15, 0.2) is 11.2 Å². The molecular weight excluding hydrogens is 678 g/mol. The Morgan fingerprint density at radius 3 is 2.22 bits per heavy atom. The molecule has 3 aromatic rings. The smallest absolute Gasteiger partial charge is 0.326 e. The van der Waals surface area contributed by atoms with Gasteiger partial charge in [0.1, 0.15) is 24.2 Å². The van der Waals surface area contributed by atoms with Crippen LogP contribution in [0, 0.1) is 0 Å². The summed E-state index contributed by atoms with van der Waals surface area (Å²) in [6, 6.07) is -0.0246. The van der Waals surface area contributed by atoms with Gasteiger partial charge < -0.3 is 53.4 Å². The highest BCUT2D eigenvalue weighted by atomic mass is 16.4. The number of carbonyl (C=O) groups excluding carboxylic acids is 4. The Morgan fingerprint density at radius 1 is 0.902 bits per heavy atom. The molecular formula is C29H35N11O11. The molecule has 4 atom stereocenters. The number of fused-ring (bicyclic) bond motifs is 1. The number of nitrogens with one attached hydrogen (secondary N) is 6. The van der Waals surface area contributed by atoms with E-state index in [0.717, 1.165) is 6.92 Å². The summed E-state index contributed by atoms with van der Waals surface area (Å²) in [6.07, 6.45) is -0.212. The first-order valence-electron chi connectivity index (χ1n) is 15.0. The Kier molecular flexibility index (Phi) is 13.4. The molecule has 0 saturated heterocycles. The zero-order valence-electron chi connectivity index (χ0n) is 26.8. The van der Waals surface area contributed by atoms with E-state index in [4.69, 9.17) is 21.7 Å². The van der Waals surface area contributed by atoms with Crippen LogP contribution in [-0.4, -0.2) is 108 Å². The first-order valence-corrected chi connectivity index (χ1v) is 15.0. The maximum absolute atomic E-state index is 12.7. The van der Waals surface area contributed by atoms with Crippen molar-refractivity contribution in [1.82, 2.24) is 41.2 Å². The average Bonchev–Trinajstić information content (AvgIpc) is 3.07. The molecule has 0 fully saturated rings. The van der Waals surface area contributed by atoms with Crippen molar-refractivity contribution >= 4 is 64.3 Å². The summed E-state index contributed by atoms with van der Waals surface area (Å²) < 4.78 is 0. The number of hydrogen-bond acceptors (Lipinski definition) is 14. The fourth-order valence-electron chi connectivity index (χ4n) is 4.21. The van der Waals surface area contributed by atoms with Crippen LogP contribution in [0.4, 0.5) is 11.6 Å². The second-order valence-electron chi connectivity index (χ2n) is 11.0. The fraction of sp³-hybridized carbons (Fsp3) is 0.345. The molecule has 4 unspecified atom stereocenters. The van der Waals surface area contributed by atoms with Crippen LogP contribution in [0.15, 0.2) is 35.3 Å². The molecule has 0 saturated carbocycles. The molecule has 2 heterocycles. The zero-order chi connectivity index (χ0) is 37.8. The van der Waals surface area contributed by atoms with Crippen molar-refractivity contribution in [3.05, 3.63) is 52.1 Å². The molecule has 4 amide bonds. The summed E-state index contributed by atoms with van der Waals surface area (Å²) >= 11 is 0. The predicted octanol–water partition coefficient (Wildman–Crippen LogP) is -3.14. The minimum atomic E-state index is -1.66. The number of nitrogens with zero attached hydrogens (tertiary/aromatic N) is 3. The van der Waals surface area contributed by atoms with E-state index in [1.54, 1.807) is 12.1 Å². The van der Waals surface area contributed by atoms with Crippen LogP contribution >= 0.6 is 0 Å². The van der Waals surface area contributed by atoms with Crippen molar-refractivity contribution in [1.29, 1.82) is 0 Å². The standard InChI is InChI=1S/C29H35N11O11/c1-12(27(48)49)35-25(46)18(8-20(42)43)38-24(45)16(30)11-33-19(41)7-6-17(28(50)51)37-23(44)13-2-4-14(5-3-13)32-9-15-10-34-22-21(36-15)26(47)40-29(31)39-22/h2-5,10,12,16-18,32H,6-9,11,30H2,1H3,(H,33,41)(H,35,46)(H,37,44)(H,38,45)(H,42,43)(H,48,49)(H,50,51)(H3,31,34,39,40,47). The number of benzene rings is 1. The van der Waals surface area contributed by atoms with Crippen molar-refractivity contribution in [2.75, 3.05) is 17.6 Å². The Balaban J connectivity index is 1.47. The van der Waals surface area contributed by atoms with Crippen LogP contribution < -0.4 is 43.6 Å². The number of aromatic amines is 1. The molecule has 0 aliphatic rings. The highest BCUT2D eigenvalue weighted by Gasteiger charge is 2.28. The molecule has 0 aliphatic heterocycles. The van der Waals surface area contributed by atoms with E-state index in [9.17, 15) is 43.5 Å². The number of carboxylic acids is 3. The second-order valence-corrected chi connectivity index (χ2v) is 11.0. The first-order chi connectivity index (χ1) is 24.0. The first kappa shape index (κ1) is 38.7. The van der Waals surface area contributed by atoms with Crippen LogP contribution in [0.5, 0.6) is 0 Å². The molecule has 2 aromatic heterocycles. The number of H-pyrrole nitrogens is 1. The van der Waals surface area contributed by atoms with E-state index in [1.807, 2.05) is 5.32 Å². The Bertz CT molecular complexity index is 1870. The van der Waals surface area contributed by atoms with Crippen LogP contribution in [0.3, 0.4) is 0 Å². The molecule has 1 aromatic carbocycles. The van der Waals surface area contributed by atoms with E-state index >= 15 is 0 Å². The molecule has 0 aliphatic carbocycles. The SMILES string of the molecule is CC(NC(=O)C(CC(=O)O)NC(=O)C(N)CNC(=O)CCC(NC(=O)c1ccc(NCc2cnc3nc(N)[nH]c(=O)c3n2)cc1)C(=O)O)C(=O)O. The van der Waals surface area contributed by atoms with Crippen molar-refractivity contribution in [3.63, 3.8) is 0 Å². The summed E-state index contributed by atoms with van der Waals surface area (Å²) in [5.41, 5.74) is 11.9. The normalized spacial score (nSPS) is 13.1. The molecule has 0 radical (unpaired) electrons. The third kappa shape index (κ3) is 11.7. The van der Waals surface area contributed by atoms with Crippen LogP contribution in [0.2, 0.25) is 0 Å². The number of amides is 4. The van der Waals surface area contributed by atoms with Gasteiger partial charge in [-0.2, -0.15) is 4.98 Å². The van der Waals surface area contributed by atoms with Gasteiger partial charge in [-0.25, -0.2) is 14.8 Å². The molecule has 22 nitrogen and oxygen atoms in total. The molecule has 51 heavy (non-hydrogen) atoms. The van der Waals surface area contributed by atoms with Gasteiger partial charge >= 0.3 is 17.9 Å². The van der Waals surface area contributed by atoms with Crippen molar-refractivity contribution < 1.29 is 48.9 Å². The average molecular weight is 714 g/mol. The van der Waals surface area contributed by atoms with E-state index in [-0.39, 0.29) is 35.6 Å². The van der Waals surface area contributed by atoms with Gasteiger partial charge in [-0.15, -0.1) is 0 Å². The number of hydrogen-bond donors (Lipinski definition) is 11. The molecule has 13 N–H and O–H groups in total.